The number of hydrogen-bond acceptors (Lipinski definition) is 4. The minimum absolute atomic E-state index is 0.0905. The zero-order valence-corrected chi connectivity index (χ0v) is 10.4. The molecular formula is C10H10BrNO4. The van der Waals surface area contributed by atoms with Crippen LogP contribution >= 0.6 is 15.9 Å². The van der Waals surface area contributed by atoms with Crippen molar-refractivity contribution in [1.29, 1.82) is 0 Å². The minimum Gasteiger partial charge on any atom is -0.465 e. The van der Waals surface area contributed by atoms with Crippen molar-refractivity contribution < 1.29 is 14.5 Å². The van der Waals surface area contributed by atoms with E-state index in [-0.39, 0.29) is 16.1 Å². The van der Waals surface area contributed by atoms with Gasteiger partial charge in [-0.2, -0.15) is 0 Å². The van der Waals surface area contributed by atoms with E-state index >= 15 is 0 Å². The van der Waals surface area contributed by atoms with Crippen molar-refractivity contribution in [2.24, 2.45) is 0 Å². The number of nitro benzene ring substituents is 1. The van der Waals surface area contributed by atoms with E-state index in [1.165, 1.54) is 25.3 Å². The van der Waals surface area contributed by atoms with E-state index in [1.54, 1.807) is 6.92 Å². The molecule has 0 saturated heterocycles. The van der Waals surface area contributed by atoms with E-state index in [0.717, 1.165) is 0 Å². The summed E-state index contributed by atoms with van der Waals surface area (Å²) >= 11 is 3.24. The lowest BCUT2D eigenvalue weighted by molar-refractivity contribution is -0.385. The molecule has 0 bridgehead atoms. The highest BCUT2D eigenvalue weighted by Crippen LogP contribution is 2.33. The third-order valence-corrected chi connectivity index (χ3v) is 2.54. The van der Waals surface area contributed by atoms with Gasteiger partial charge < -0.3 is 4.74 Å². The second-order valence-corrected chi connectivity index (χ2v) is 4.48. The van der Waals surface area contributed by atoms with Crippen LogP contribution in [0.15, 0.2) is 18.2 Å². The Balaban J connectivity index is 3.44. The lowest BCUT2D eigenvalue weighted by Crippen LogP contribution is -2.08. The smallest absolute Gasteiger partial charge is 0.338 e. The van der Waals surface area contributed by atoms with Crippen molar-refractivity contribution in [2.45, 2.75) is 11.8 Å². The van der Waals surface area contributed by atoms with Gasteiger partial charge in [0.05, 0.1) is 23.2 Å². The molecule has 1 rings (SSSR count). The topological polar surface area (TPSA) is 69.4 Å². The molecule has 0 saturated carbocycles. The number of benzene rings is 1. The van der Waals surface area contributed by atoms with E-state index < -0.39 is 10.9 Å². The van der Waals surface area contributed by atoms with Crippen LogP contribution in [0, 0.1) is 10.1 Å². The van der Waals surface area contributed by atoms with Crippen LogP contribution in [0.25, 0.3) is 0 Å². The second-order valence-electron chi connectivity index (χ2n) is 3.10. The summed E-state index contributed by atoms with van der Waals surface area (Å²) in [6.45, 7) is 1.72. The van der Waals surface area contributed by atoms with E-state index in [9.17, 15) is 14.9 Å². The Morgan fingerprint density at radius 3 is 2.62 bits per heavy atom. The first-order valence-corrected chi connectivity index (χ1v) is 5.40. The highest BCUT2D eigenvalue weighted by Gasteiger charge is 2.24. The summed E-state index contributed by atoms with van der Waals surface area (Å²) in [5.41, 5.74) is 0.452. The van der Waals surface area contributed by atoms with Crippen molar-refractivity contribution in [1.82, 2.24) is 0 Å². The molecular weight excluding hydrogens is 278 g/mol. The fraction of sp³-hybridized carbons (Fsp3) is 0.300. The van der Waals surface area contributed by atoms with Crippen LogP contribution in [0.4, 0.5) is 5.69 Å². The monoisotopic (exact) mass is 287 g/mol. The first kappa shape index (κ1) is 12.6. The van der Waals surface area contributed by atoms with Gasteiger partial charge >= 0.3 is 5.97 Å². The average molecular weight is 288 g/mol. The van der Waals surface area contributed by atoms with Crippen molar-refractivity contribution in [3.05, 3.63) is 39.4 Å². The molecule has 6 heteroatoms. The number of esters is 1. The second kappa shape index (κ2) is 5.07. The summed E-state index contributed by atoms with van der Waals surface area (Å²) in [5, 5.41) is 10.8. The van der Waals surface area contributed by atoms with Gasteiger partial charge in [-0.3, -0.25) is 10.1 Å². The maximum Gasteiger partial charge on any atom is 0.338 e. The standard InChI is InChI=1S/C10H10BrNO4/c1-6(11)9-7(10(13)16-2)4-3-5-8(9)12(14)15/h3-6H,1-2H3. The summed E-state index contributed by atoms with van der Waals surface area (Å²) in [5.74, 6) is -0.579. The summed E-state index contributed by atoms with van der Waals surface area (Å²) in [6, 6.07) is 4.33. The van der Waals surface area contributed by atoms with Gasteiger partial charge in [0.2, 0.25) is 0 Å². The summed E-state index contributed by atoms with van der Waals surface area (Å²) in [6.07, 6.45) is 0. The van der Waals surface area contributed by atoms with Gasteiger partial charge in [-0.1, -0.05) is 22.0 Å². The van der Waals surface area contributed by atoms with Gasteiger partial charge in [0.1, 0.15) is 0 Å². The fourth-order valence-corrected chi connectivity index (χ4v) is 1.90. The van der Waals surface area contributed by atoms with Crippen LogP contribution in [0.2, 0.25) is 0 Å². The zero-order valence-electron chi connectivity index (χ0n) is 8.77. The Bertz CT molecular complexity index is 431. The van der Waals surface area contributed by atoms with Gasteiger partial charge in [-0.05, 0) is 13.0 Å². The lowest BCUT2D eigenvalue weighted by Gasteiger charge is -2.09. The first-order chi connectivity index (χ1) is 7.49. The summed E-state index contributed by atoms with van der Waals surface area (Å²) < 4.78 is 4.58. The minimum atomic E-state index is -0.579. The number of alkyl halides is 1. The molecule has 5 nitrogen and oxygen atoms in total. The molecule has 1 aromatic rings. The first-order valence-electron chi connectivity index (χ1n) is 4.48. The van der Waals surface area contributed by atoms with Crippen LogP contribution in [0.3, 0.4) is 0 Å². The number of rotatable bonds is 3. The Kier molecular flexibility index (Phi) is 4.00. The SMILES string of the molecule is COC(=O)c1cccc([N+](=O)[O-])c1C(C)Br. The number of carbonyl (C=O) groups excluding carboxylic acids is 1. The van der Waals surface area contributed by atoms with Gasteiger partial charge in [0, 0.05) is 10.9 Å². The summed E-state index contributed by atoms with van der Waals surface area (Å²) in [4.78, 5) is 21.5. The molecule has 0 N–H and O–H groups in total. The molecule has 0 fully saturated rings. The Labute approximate surface area is 101 Å². The third kappa shape index (κ3) is 2.38. The fourth-order valence-electron chi connectivity index (χ4n) is 1.42. The van der Waals surface area contributed by atoms with Crippen molar-refractivity contribution in [3.63, 3.8) is 0 Å². The molecule has 0 spiro atoms. The Hall–Kier alpha value is -1.43. The van der Waals surface area contributed by atoms with Crippen LogP contribution in [0.5, 0.6) is 0 Å². The number of carbonyl (C=O) groups is 1. The third-order valence-electron chi connectivity index (χ3n) is 2.08. The molecule has 1 unspecified atom stereocenters. The predicted octanol–water partition coefficient (Wildman–Crippen LogP) is 2.84. The highest BCUT2D eigenvalue weighted by molar-refractivity contribution is 9.09. The Morgan fingerprint density at radius 2 is 2.19 bits per heavy atom. The number of halogens is 1. The summed E-state index contributed by atoms with van der Waals surface area (Å²) in [7, 11) is 1.24. The predicted molar refractivity (Wildman–Crippen MR) is 61.8 cm³/mol. The van der Waals surface area contributed by atoms with Crippen LogP contribution in [-0.2, 0) is 4.74 Å². The Morgan fingerprint density at radius 1 is 1.56 bits per heavy atom. The molecule has 86 valence electrons. The molecule has 0 heterocycles. The van der Waals surface area contributed by atoms with E-state index in [2.05, 4.69) is 20.7 Å². The molecule has 0 aromatic heterocycles. The van der Waals surface area contributed by atoms with Crippen molar-refractivity contribution >= 4 is 27.6 Å². The molecule has 1 atom stereocenters. The average Bonchev–Trinajstić information content (AvgIpc) is 2.26. The van der Waals surface area contributed by atoms with Crippen LogP contribution in [-0.4, -0.2) is 18.0 Å². The number of methoxy groups -OCH3 is 1. The number of ether oxygens (including phenoxy) is 1. The highest BCUT2D eigenvalue weighted by atomic mass is 79.9. The normalized spacial score (nSPS) is 11.9. The molecule has 0 amide bonds. The zero-order chi connectivity index (χ0) is 12.3. The molecule has 0 aliphatic rings. The van der Waals surface area contributed by atoms with Gasteiger partial charge in [0.25, 0.3) is 5.69 Å². The number of nitrogens with zero attached hydrogens (tertiary/aromatic N) is 1. The maximum atomic E-state index is 11.4. The largest absolute Gasteiger partial charge is 0.465 e. The lowest BCUT2D eigenvalue weighted by atomic mass is 10.0. The van der Waals surface area contributed by atoms with E-state index in [0.29, 0.717) is 5.56 Å². The van der Waals surface area contributed by atoms with Gasteiger partial charge in [0.15, 0.2) is 0 Å². The molecule has 16 heavy (non-hydrogen) atoms. The maximum absolute atomic E-state index is 11.4. The molecule has 0 aliphatic heterocycles. The quantitative estimate of drug-likeness (QED) is 0.371. The van der Waals surface area contributed by atoms with E-state index in [4.69, 9.17) is 0 Å². The van der Waals surface area contributed by atoms with Crippen LogP contribution < -0.4 is 0 Å². The van der Waals surface area contributed by atoms with Gasteiger partial charge in [-0.15, -0.1) is 0 Å². The molecule has 1 aromatic carbocycles. The molecule has 0 aliphatic carbocycles. The van der Waals surface area contributed by atoms with Gasteiger partial charge in [-0.25, -0.2) is 4.79 Å². The number of hydrogen-bond donors (Lipinski definition) is 0. The van der Waals surface area contributed by atoms with Crippen molar-refractivity contribution in [3.8, 4) is 0 Å². The molecule has 0 radical (unpaired) electrons. The van der Waals surface area contributed by atoms with E-state index in [1.807, 2.05) is 0 Å². The number of nitro groups is 1. The van der Waals surface area contributed by atoms with Crippen LogP contribution in [0.1, 0.15) is 27.7 Å². The van der Waals surface area contributed by atoms with Crippen molar-refractivity contribution in [2.75, 3.05) is 7.11 Å².